The Bertz CT molecular complexity index is 1010. The van der Waals surface area contributed by atoms with Crippen molar-refractivity contribution in [2.75, 3.05) is 13.1 Å². The summed E-state index contributed by atoms with van der Waals surface area (Å²) in [6, 6.07) is 12.4. The number of carbonyl (C=O) groups excluding carboxylic acids is 1. The Labute approximate surface area is 189 Å². The second-order valence-electron chi connectivity index (χ2n) is 7.21. The van der Waals surface area contributed by atoms with Crippen LogP contribution >= 0.6 is 35.0 Å². The van der Waals surface area contributed by atoms with E-state index < -0.39 is 0 Å². The number of thioether (sulfide) groups is 1. The number of amides is 1. The highest BCUT2D eigenvalue weighted by Crippen LogP contribution is 2.34. The SMILES string of the molecule is C[C@@H]1CN(C2=NC(=O)/C(=C\c3ccc(Oc4ccc(Cl)cc4)cc3Cl)S2)C[C@H](C)O1. The fraction of sp³-hybridized carbons (Fsp3) is 0.273. The molecule has 4 rings (SSSR count). The number of aliphatic imine (C=N–C) groups is 1. The summed E-state index contributed by atoms with van der Waals surface area (Å²) in [5, 5.41) is 1.85. The molecule has 0 N–H and O–H groups in total. The molecule has 2 aromatic carbocycles. The highest BCUT2D eigenvalue weighted by molar-refractivity contribution is 8.18. The van der Waals surface area contributed by atoms with Crippen LogP contribution in [0.5, 0.6) is 11.5 Å². The average molecular weight is 463 g/mol. The number of benzene rings is 2. The molecule has 1 fully saturated rings. The topological polar surface area (TPSA) is 51.1 Å². The minimum atomic E-state index is -0.251. The molecule has 2 aliphatic rings. The Balaban J connectivity index is 1.47. The smallest absolute Gasteiger partial charge is 0.286 e. The lowest BCUT2D eigenvalue weighted by atomic mass is 10.2. The summed E-state index contributed by atoms with van der Waals surface area (Å²) in [7, 11) is 0. The fourth-order valence-electron chi connectivity index (χ4n) is 3.34. The van der Waals surface area contributed by atoms with E-state index in [4.69, 9.17) is 32.7 Å². The van der Waals surface area contributed by atoms with Crippen molar-refractivity contribution in [2.24, 2.45) is 4.99 Å². The second kappa shape index (κ2) is 9.02. The quantitative estimate of drug-likeness (QED) is 0.534. The molecule has 0 aromatic heterocycles. The maximum atomic E-state index is 12.4. The molecule has 156 valence electrons. The van der Waals surface area contributed by atoms with Crippen LogP contribution in [0.15, 0.2) is 52.4 Å². The van der Waals surface area contributed by atoms with Crippen LogP contribution in [0.2, 0.25) is 10.0 Å². The maximum Gasteiger partial charge on any atom is 0.286 e. The van der Waals surface area contributed by atoms with E-state index in [2.05, 4.69) is 9.89 Å². The minimum absolute atomic E-state index is 0.0998. The van der Waals surface area contributed by atoms with Crippen molar-refractivity contribution < 1.29 is 14.3 Å². The molecule has 2 atom stereocenters. The molecule has 2 aliphatic heterocycles. The van der Waals surface area contributed by atoms with Crippen LogP contribution in [0, 0.1) is 0 Å². The first-order chi connectivity index (χ1) is 14.4. The van der Waals surface area contributed by atoms with E-state index in [0.717, 1.165) is 5.56 Å². The number of ether oxygens (including phenoxy) is 2. The summed E-state index contributed by atoms with van der Waals surface area (Å²) in [6.07, 6.45) is 1.97. The molecule has 2 aromatic rings. The fourth-order valence-corrected chi connectivity index (χ4v) is 4.61. The normalized spacial score (nSPS) is 23.1. The molecular formula is C22H20Cl2N2O3S. The van der Waals surface area contributed by atoms with Gasteiger partial charge in [-0.25, -0.2) is 0 Å². The van der Waals surface area contributed by atoms with Gasteiger partial charge in [-0.3, -0.25) is 4.79 Å². The van der Waals surface area contributed by atoms with Crippen LogP contribution in [0.25, 0.3) is 6.08 Å². The molecule has 0 unspecified atom stereocenters. The first-order valence-electron chi connectivity index (χ1n) is 9.53. The number of rotatable bonds is 3. The molecule has 1 amide bonds. The lowest BCUT2D eigenvalue weighted by molar-refractivity contribution is -0.113. The van der Waals surface area contributed by atoms with Crippen LogP contribution in [0.3, 0.4) is 0 Å². The number of nitrogens with zero attached hydrogens (tertiary/aromatic N) is 2. The van der Waals surface area contributed by atoms with E-state index in [9.17, 15) is 4.79 Å². The molecule has 0 saturated carbocycles. The van der Waals surface area contributed by atoms with Crippen LogP contribution in [-0.2, 0) is 9.53 Å². The summed E-state index contributed by atoms with van der Waals surface area (Å²) in [6.45, 7) is 5.48. The van der Waals surface area contributed by atoms with Crippen molar-refractivity contribution in [1.29, 1.82) is 0 Å². The summed E-state index contributed by atoms with van der Waals surface area (Å²) in [5.41, 5.74) is 0.733. The molecule has 0 aliphatic carbocycles. The van der Waals surface area contributed by atoms with Gasteiger partial charge in [0.1, 0.15) is 11.5 Å². The largest absolute Gasteiger partial charge is 0.457 e. The summed E-state index contributed by atoms with van der Waals surface area (Å²) in [4.78, 5) is 19.3. The third kappa shape index (κ3) is 5.01. The molecular weight excluding hydrogens is 443 g/mol. The van der Waals surface area contributed by atoms with Crippen molar-refractivity contribution in [1.82, 2.24) is 4.90 Å². The average Bonchev–Trinajstić information content (AvgIpc) is 3.06. The van der Waals surface area contributed by atoms with Gasteiger partial charge >= 0.3 is 0 Å². The van der Waals surface area contributed by atoms with Crippen molar-refractivity contribution in [3.63, 3.8) is 0 Å². The van der Waals surface area contributed by atoms with E-state index >= 15 is 0 Å². The van der Waals surface area contributed by atoms with E-state index in [1.165, 1.54) is 11.8 Å². The Morgan fingerprint density at radius 3 is 2.43 bits per heavy atom. The molecule has 2 heterocycles. The van der Waals surface area contributed by atoms with Crippen LogP contribution in [-0.4, -0.2) is 41.3 Å². The lowest BCUT2D eigenvalue weighted by Crippen LogP contribution is -2.47. The zero-order chi connectivity index (χ0) is 21.3. The van der Waals surface area contributed by atoms with Gasteiger partial charge in [-0.05, 0) is 79.7 Å². The molecule has 0 radical (unpaired) electrons. The third-order valence-electron chi connectivity index (χ3n) is 4.61. The zero-order valence-electron chi connectivity index (χ0n) is 16.5. The molecule has 5 nitrogen and oxygen atoms in total. The number of hydrogen-bond donors (Lipinski definition) is 0. The molecule has 8 heteroatoms. The number of hydrogen-bond acceptors (Lipinski definition) is 5. The lowest BCUT2D eigenvalue weighted by Gasteiger charge is -2.35. The van der Waals surface area contributed by atoms with Gasteiger partial charge in [0.05, 0.1) is 22.1 Å². The van der Waals surface area contributed by atoms with E-state index in [1.54, 1.807) is 36.4 Å². The minimum Gasteiger partial charge on any atom is -0.457 e. The highest BCUT2D eigenvalue weighted by Gasteiger charge is 2.31. The Kier molecular flexibility index (Phi) is 6.39. The van der Waals surface area contributed by atoms with Gasteiger partial charge in [0, 0.05) is 18.1 Å². The van der Waals surface area contributed by atoms with Gasteiger partial charge in [0.2, 0.25) is 0 Å². The Hall–Kier alpha value is -1.99. The first kappa shape index (κ1) is 21.2. The predicted octanol–water partition coefficient (Wildman–Crippen LogP) is 5.87. The highest BCUT2D eigenvalue weighted by atomic mass is 35.5. The summed E-state index contributed by atoms with van der Waals surface area (Å²) in [5.74, 6) is 1.01. The molecule has 0 spiro atoms. The van der Waals surface area contributed by atoms with Crippen LogP contribution in [0.4, 0.5) is 0 Å². The van der Waals surface area contributed by atoms with Crippen LogP contribution < -0.4 is 4.74 Å². The molecule has 1 saturated heterocycles. The monoisotopic (exact) mass is 462 g/mol. The van der Waals surface area contributed by atoms with Crippen LogP contribution in [0.1, 0.15) is 19.4 Å². The standard InChI is InChI=1S/C22H20Cl2N2O3S/c1-13-11-26(12-14(2)28-13)22-25-21(27)20(30-22)9-15-3-6-18(10-19(15)24)29-17-7-4-16(23)5-8-17/h3-10,13-14H,11-12H2,1-2H3/b20-9+/t13-,14+. The van der Waals surface area contributed by atoms with E-state index in [1.807, 2.05) is 26.0 Å². The van der Waals surface area contributed by atoms with Gasteiger partial charge in [-0.15, -0.1) is 0 Å². The zero-order valence-corrected chi connectivity index (χ0v) is 18.8. The van der Waals surface area contributed by atoms with E-state index in [0.29, 0.717) is 44.7 Å². The summed E-state index contributed by atoms with van der Waals surface area (Å²) < 4.78 is 11.6. The third-order valence-corrected chi connectivity index (χ3v) is 6.23. The van der Waals surface area contributed by atoms with E-state index in [-0.39, 0.29) is 18.1 Å². The van der Waals surface area contributed by atoms with Crippen molar-refractivity contribution in [3.05, 3.63) is 63.0 Å². The number of carbonyl (C=O) groups is 1. The van der Waals surface area contributed by atoms with Gasteiger partial charge in [-0.1, -0.05) is 23.2 Å². The Morgan fingerprint density at radius 1 is 1.10 bits per heavy atom. The Morgan fingerprint density at radius 2 is 1.77 bits per heavy atom. The number of amidine groups is 1. The van der Waals surface area contributed by atoms with Gasteiger partial charge < -0.3 is 14.4 Å². The number of halogens is 2. The van der Waals surface area contributed by atoms with Gasteiger partial charge in [0.15, 0.2) is 5.17 Å². The first-order valence-corrected chi connectivity index (χ1v) is 11.1. The maximum absolute atomic E-state index is 12.4. The van der Waals surface area contributed by atoms with Crippen molar-refractivity contribution in [3.8, 4) is 11.5 Å². The van der Waals surface area contributed by atoms with Crippen molar-refractivity contribution >= 4 is 52.1 Å². The number of morpholine rings is 1. The predicted molar refractivity (Wildman–Crippen MR) is 123 cm³/mol. The summed E-state index contributed by atoms with van der Waals surface area (Å²) >= 11 is 13.7. The molecule has 0 bridgehead atoms. The molecule has 30 heavy (non-hydrogen) atoms. The second-order valence-corrected chi connectivity index (χ2v) is 9.06. The van der Waals surface area contributed by atoms with Gasteiger partial charge in [0.25, 0.3) is 5.91 Å². The van der Waals surface area contributed by atoms with Crippen molar-refractivity contribution in [2.45, 2.75) is 26.1 Å². The van der Waals surface area contributed by atoms with Gasteiger partial charge in [-0.2, -0.15) is 4.99 Å².